The Bertz CT molecular complexity index is 1580. The van der Waals surface area contributed by atoms with Crippen LogP contribution in [0, 0.1) is 0 Å². The largest absolute Gasteiger partial charge is 0.334 e. The van der Waals surface area contributed by atoms with E-state index in [9.17, 15) is 18.0 Å². The number of rotatable bonds is 4. The first kappa shape index (κ1) is 23.1. The van der Waals surface area contributed by atoms with Gasteiger partial charge in [-0.05, 0) is 59.3 Å². The molecule has 0 aliphatic carbocycles. The lowest BCUT2D eigenvalue weighted by Crippen LogP contribution is -2.36. The second-order valence-electron chi connectivity index (χ2n) is 8.38. The third-order valence-electron chi connectivity index (χ3n) is 6.13. The molecular weight excluding hydrogens is 484 g/mol. The third kappa shape index (κ3) is 4.65. The summed E-state index contributed by atoms with van der Waals surface area (Å²) < 4.78 is 27.9. The van der Waals surface area contributed by atoms with E-state index in [1.54, 1.807) is 41.3 Å². The van der Waals surface area contributed by atoms with Crippen LogP contribution >= 0.6 is 11.6 Å². The number of nitrogens with zero attached hydrogens (tertiary/aromatic N) is 1. The van der Waals surface area contributed by atoms with Gasteiger partial charge in [-0.2, -0.15) is 0 Å². The van der Waals surface area contributed by atoms with Crippen molar-refractivity contribution in [3.63, 3.8) is 0 Å². The average Bonchev–Trinajstić information content (AvgIpc) is 2.87. The molecule has 0 atom stereocenters. The number of nitrogens with one attached hydrogen (secondary N) is 1. The van der Waals surface area contributed by atoms with Gasteiger partial charge in [-0.1, -0.05) is 60.1 Å². The molecule has 2 amide bonds. The van der Waals surface area contributed by atoms with Gasteiger partial charge in [-0.3, -0.25) is 9.59 Å². The molecule has 5 rings (SSSR count). The highest BCUT2D eigenvalue weighted by Gasteiger charge is 2.24. The van der Waals surface area contributed by atoms with E-state index in [1.807, 2.05) is 18.2 Å². The number of benzene rings is 4. The summed E-state index contributed by atoms with van der Waals surface area (Å²) >= 11 is 6.16. The van der Waals surface area contributed by atoms with Crippen molar-refractivity contribution in [2.75, 3.05) is 6.54 Å². The molecule has 1 N–H and O–H groups in total. The Balaban J connectivity index is 1.35. The summed E-state index contributed by atoms with van der Waals surface area (Å²) in [6.07, 6.45) is 0.761. The molecule has 6 nitrogen and oxygen atoms in total. The lowest BCUT2D eigenvalue weighted by atomic mass is 9.99. The molecule has 0 radical (unpaired) electrons. The Hall–Kier alpha value is -3.68. The topological polar surface area (TPSA) is 83.5 Å². The number of sulfonamides is 1. The second kappa shape index (κ2) is 9.17. The normalized spacial score (nSPS) is 13.3. The molecule has 0 saturated heterocycles. The highest BCUT2D eigenvalue weighted by molar-refractivity contribution is 7.90. The Morgan fingerprint density at radius 3 is 2.40 bits per heavy atom. The monoisotopic (exact) mass is 504 g/mol. The Labute approximate surface area is 208 Å². The summed E-state index contributed by atoms with van der Waals surface area (Å²) in [6, 6.07) is 23.8. The van der Waals surface area contributed by atoms with Crippen molar-refractivity contribution in [1.29, 1.82) is 0 Å². The van der Waals surface area contributed by atoms with E-state index in [4.69, 9.17) is 11.6 Å². The van der Waals surface area contributed by atoms with Crippen LogP contribution in [0.5, 0.6) is 0 Å². The maximum atomic E-state index is 13.1. The van der Waals surface area contributed by atoms with Gasteiger partial charge in [0.15, 0.2) is 0 Å². The molecule has 4 aromatic rings. The quantitative estimate of drug-likeness (QED) is 0.432. The van der Waals surface area contributed by atoms with Crippen molar-refractivity contribution < 1.29 is 18.0 Å². The molecule has 0 fully saturated rings. The summed E-state index contributed by atoms with van der Waals surface area (Å²) in [5.41, 5.74) is 2.74. The first-order valence-electron chi connectivity index (χ1n) is 11.0. The molecule has 8 heteroatoms. The Kier molecular flexibility index (Phi) is 6.05. The van der Waals surface area contributed by atoms with E-state index in [0.717, 1.165) is 12.0 Å². The SMILES string of the molecule is O=C(NS(=O)(=O)c1ccc2c(Cl)cccc2c1)c1cccc(C(=O)N2CCc3ccccc3C2)c1. The molecule has 1 aliphatic heterocycles. The zero-order valence-electron chi connectivity index (χ0n) is 18.6. The number of hydrogen-bond donors (Lipinski definition) is 1. The minimum Gasteiger partial charge on any atom is -0.334 e. The Morgan fingerprint density at radius 2 is 1.57 bits per heavy atom. The summed E-state index contributed by atoms with van der Waals surface area (Å²) in [5, 5.41) is 1.86. The van der Waals surface area contributed by atoms with Gasteiger partial charge in [-0.15, -0.1) is 0 Å². The van der Waals surface area contributed by atoms with Gasteiger partial charge in [-0.25, -0.2) is 13.1 Å². The van der Waals surface area contributed by atoms with Gasteiger partial charge in [0, 0.05) is 34.6 Å². The molecule has 0 saturated carbocycles. The third-order valence-corrected chi connectivity index (χ3v) is 7.78. The van der Waals surface area contributed by atoms with Gasteiger partial charge in [0.25, 0.3) is 21.8 Å². The van der Waals surface area contributed by atoms with Gasteiger partial charge in [0.05, 0.1) is 4.90 Å². The standard InChI is InChI=1S/C27H21ClN2O4S/c28-25-10-4-7-19-16-23(11-12-24(19)25)35(33,34)29-26(31)20-8-3-9-21(15-20)27(32)30-14-13-18-5-1-2-6-22(18)17-30/h1-12,15-16H,13-14,17H2,(H,29,31). The van der Waals surface area contributed by atoms with E-state index in [1.165, 1.54) is 29.8 Å². The fraction of sp³-hybridized carbons (Fsp3) is 0.111. The fourth-order valence-electron chi connectivity index (χ4n) is 4.27. The smallest absolute Gasteiger partial charge is 0.265 e. The van der Waals surface area contributed by atoms with Crippen LogP contribution < -0.4 is 4.72 Å². The van der Waals surface area contributed by atoms with Gasteiger partial charge in [0.2, 0.25) is 0 Å². The number of hydrogen-bond acceptors (Lipinski definition) is 4. The van der Waals surface area contributed by atoms with Gasteiger partial charge >= 0.3 is 0 Å². The average molecular weight is 505 g/mol. The van der Waals surface area contributed by atoms with Crippen LogP contribution in [0.4, 0.5) is 0 Å². The lowest BCUT2D eigenvalue weighted by molar-refractivity contribution is 0.0734. The summed E-state index contributed by atoms with van der Waals surface area (Å²) in [7, 11) is -4.14. The van der Waals surface area contributed by atoms with Crippen molar-refractivity contribution in [2.24, 2.45) is 0 Å². The number of halogens is 1. The van der Waals surface area contributed by atoms with Gasteiger partial charge in [0.1, 0.15) is 0 Å². The van der Waals surface area contributed by atoms with Crippen LogP contribution in [0.15, 0.2) is 89.8 Å². The fourth-order valence-corrected chi connectivity index (χ4v) is 5.53. The zero-order valence-corrected chi connectivity index (χ0v) is 20.1. The maximum absolute atomic E-state index is 13.1. The van der Waals surface area contributed by atoms with E-state index in [-0.39, 0.29) is 16.4 Å². The van der Waals surface area contributed by atoms with Crippen LogP contribution in [-0.4, -0.2) is 31.7 Å². The van der Waals surface area contributed by atoms with Crippen LogP contribution in [-0.2, 0) is 23.0 Å². The van der Waals surface area contributed by atoms with Crippen molar-refractivity contribution in [1.82, 2.24) is 9.62 Å². The summed E-state index contributed by atoms with van der Waals surface area (Å²) in [4.78, 5) is 27.6. The number of amides is 2. The summed E-state index contributed by atoms with van der Waals surface area (Å²) in [5.74, 6) is -1.02. The number of carbonyl (C=O) groups is 2. The second-order valence-corrected chi connectivity index (χ2v) is 10.5. The lowest BCUT2D eigenvalue weighted by Gasteiger charge is -2.29. The first-order chi connectivity index (χ1) is 16.8. The zero-order chi connectivity index (χ0) is 24.6. The minimum absolute atomic E-state index is 0.0557. The molecular formula is C27H21ClN2O4S. The van der Waals surface area contributed by atoms with E-state index in [0.29, 0.717) is 34.4 Å². The summed E-state index contributed by atoms with van der Waals surface area (Å²) in [6.45, 7) is 1.07. The minimum atomic E-state index is -4.14. The molecule has 0 bridgehead atoms. The highest BCUT2D eigenvalue weighted by atomic mass is 35.5. The number of carbonyl (C=O) groups excluding carboxylic acids is 2. The molecule has 0 aromatic heterocycles. The van der Waals surface area contributed by atoms with Crippen molar-refractivity contribution in [3.8, 4) is 0 Å². The number of fused-ring (bicyclic) bond motifs is 2. The highest BCUT2D eigenvalue weighted by Crippen LogP contribution is 2.26. The van der Waals surface area contributed by atoms with Gasteiger partial charge < -0.3 is 4.90 Å². The first-order valence-corrected chi connectivity index (χ1v) is 12.9. The predicted molar refractivity (Wildman–Crippen MR) is 135 cm³/mol. The molecule has 176 valence electrons. The van der Waals surface area contributed by atoms with E-state index in [2.05, 4.69) is 10.8 Å². The molecule has 35 heavy (non-hydrogen) atoms. The van der Waals surface area contributed by atoms with Crippen LogP contribution in [0.3, 0.4) is 0 Å². The molecule has 1 heterocycles. The van der Waals surface area contributed by atoms with Crippen LogP contribution in [0.1, 0.15) is 31.8 Å². The Morgan fingerprint density at radius 1 is 0.829 bits per heavy atom. The maximum Gasteiger partial charge on any atom is 0.265 e. The van der Waals surface area contributed by atoms with E-state index < -0.39 is 15.9 Å². The molecule has 4 aromatic carbocycles. The molecule has 0 unspecified atom stereocenters. The van der Waals surface area contributed by atoms with Crippen molar-refractivity contribution in [2.45, 2.75) is 17.9 Å². The molecule has 0 spiro atoms. The predicted octanol–water partition coefficient (Wildman–Crippen LogP) is 4.81. The van der Waals surface area contributed by atoms with Crippen molar-refractivity contribution >= 4 is 44.2 Å². The van der Waals surface area contributed by atoms with Crippen LogP contribution in [0.25, 0.3) is 10.8 Å². The van der Waals surface area contributed by atoms with E-state index >= 15 is 0 Å². The van der Waals surface area contributed by atoms with Crippen LogP contribution in [0.2, 0.25) is 5.02 Å². The molecule has 1 aliphatic rings. The van der Waals surface area contributed by atoms with Crippen molar-refractivity contribution in [3.05, 3.63) is 112 Å².